The normalized spacial score (nSPS) is 25.2. The van der Waals surface area contributed by atoms with Crippen molar-refractivity contribution in [3.63, 3.8) is 0 Å². The van der Waals surface area contributed by atoms with Crippen molar-refractivity contribution in [2.45, 2.75) is 44.0 Å². The first-order valence-electron chi connectivity index (χ1n) is 12.4. The van der Waals surface area contributed by atoms with Gasteiger partial charge in [0.05, 0.1) is 24.6 Å². The Morgan fingerprint density at radius 2 is 1.81 bits per heavy atom. The van der Waals surface area contributed by atoms with Gasteiger partial charge in [0.1, 0.15) is 30.4 Å². The molecule has 36 heavy (non-hydrogen) atoms. The van der Waals surface area contributed by atoms with Gasteiger partial charge in [-0.25, -0.2) is 4.39 Å². The zero-order valence-corrected chi connectivity index (χ0v) is 20.3. The van der Waals surface area contributed by atoms with Crippen LogP contribution >= 0.6 is 0 Å². The summed E-state index contributed by atoms with van der Waals surface area (Å²) in [5, 5.41) is 0. The maximum atomic E-state index is 14.2. The van der Waals surface area contributed by atoms with Crippen molar-refractivity contribution in [1.29, 1.82) is 0 Å². The Balaban J connectivity index is 1.46. The molecule has 3 aliphatic rings. The Morgan fingerprint density at radius 1 is 1.08 bits per heavy atom. The lowest BCUT2D eigenvalue weighted by Crippen LogP contribution is -2.42. The molecule has 188 valence electrons. The Bertz CT molecular complexity index is 1170. The minimum Gasteiger partial charge on any atom is -0.497 e. The van der Waals surface area contributed by atoms with Gasteiger partial charge in [0.15, 0.2) is 11.5 Å². The molecule has 4 unspecified atom stereocenters. The number of hydrogen-bond donors (Lipinski definition) is 0. The summed E-state index contributed by atoms with van der Waals surface area (Å²) in [5.41, 5.74) is 2.18. The zero-order valence-electron chi connectivity index (χ0n) is 20.3. The largest absolute Gasteiger partial charge is 0.497 e. The van der Waals surface area contributed by atoms with E-state index < -0.39 is 24.2 Å². The molecule has 0 aromatic heterocycles. The molecular formula is C29H30FNO5. The number of Topliss-reactive ketones (excluding diaryl/α,β-unsaturated/α-hetero) is 1. The molecule has 4 atom stereocenters. The summed E-state index contributed by atoms with van der Waals surface area (Å²) >= 11 is 0. The molecule has 1 saturated carbocycles. The van der Waals surface area contributed by atoms with Crippen LogP contribution in [0.4, 0.5) is 4.39 Å². The van der Waals surface area contributed by atoms with Crippen LogP contribution in [-0.2, 0) is 20.7 Å². The third kappa shape index (κ3) is 4.50. The van der Waals surface area contributed by atoms with E-state index in [1.54, 1.807) is 18.1 Å². The van der Waals surface area contributed by atoms with E-state index in [2.05, 4.69) is 6.58 Å². The lowest BCUT2D eigenvalue weighted by atomic mass is 9.77. The van der Waals surface area contributed by atoms with E-state index in [0.29, 0.717) is 43.7 Å². The summed E-state index contributed by atoms with van der Waals surface area (Å²) in [6.07, 6.45) is 1.73. The van der Waals surface area contributed by atoms with Crippen molar-refractivity contribution in [2.24, 2.45) is 5.92 Å². The number of hydrogen-bond acceptors (Lipinski definition) is 5. The topological polar surface area (TPSA) is 65.1 Å². The van der Waals surface area contributed by atoms with Gasteiger partial charge in [-0.15, -0.1) is 0 Å². The predicted molar refractivity (Wildman–Crippen MR) is 132 cm³/mol. The van der Waals surface area contributed by atoms with E-state index in [1.165, 1.54) is 0 Å². The van der Waals surface area contributed by atoms with Gasteiger partial charge in [0, 0.05) is 6.54 Å². The number of alkyl halides is 1. The van der Waals surface area contributed by atoms with Crippen LogP contribution in [0.15, 0.2) is 72.5 Å². The van der Waals surface area contributed by atoms with E-state index in [4.69, 9.17) is 14.2 Å². The molecule has 0 spiro atoms. The third-order valence-corrected chi connectivity index (χ3v) is 7.24. The van der Waals surface area contributed by atoms with Gasteiger partial charge in [0.25, 0.3) is 5.91 Å². The lowest BCUT2D eigenvalue weighted by Gasteiger charge is -2.36. The zero-order chi connectivity index (χ0) is 25.2. The highest BCUT2D eigenvalue weighted by Crippen LogP contribution is 2.47. The smallest absolute Gasteiger partial charge is 0.290 e. The van der Waals surface area contributed by atoms with E-state index in [1.807, 2.05) is 48.5 Å². The Morgan fingerprint density at radius 3 is 2.50 bits per heavy atom. The lowest BCUT2D eigenvalue weighted by molar-refractivity contribution is -0.136. The minimum atomic E-state index is -1.02. The number of fused-ring (bicyclic) bond motifs is 1. The van der Waals surface area contributed by atoms with Crippen LogP contribution in [0.2, 0.25) is 0 Å². The van der Waals surface area contributed by atoms with Crippen LogP contribution < -0.4 is 9.47 Å². The maximum absolute atomic E-state index is 14.2. The van der Waals surface area contributed by atoms with E-state index in [0.717, 1.165) is 16.9 Å². The van der Waals surface area contributed by atoms with Crippen LogP contribution in [0.25, 0.3) is 0 Å². The first-order chi connectivity index (χ1) is 17.5. The molecule has 2 aliphatic heterocycles. The Kier molecular flexibility index (Phi) is 6.81. The van der Waals surface area contributed by atoms with Crippen molar-refractivity contribution in [3.8, 4) is 11.5 Å². The van der Waals surface area contributed by atoms with Crippen LogP contribution in [0, 0.1) is 5.92 Å². The summed E-state index contributed by atoms with van der Waals surface area (Å²) in [6, 6.07) is 14.5. The highest BCUT2D eigenvalue weighted by atomic mass is 19.1. The molecule has 7 heteroatoms. The number of ether oxygens (including phenoxy) is 3. The second-order valence-electron chi connectivity index (χ2n) is 9.45. The first-order valence-corrected chi connectivity index (χ1v) is 12.4. The van der Waals surface area contributed by atoms with E-state index >= 15 is 0 Å². The van der Waals surface area contributed by atoms with E-state index in [-0.39, 0.29) is 23.9 Å². The summed E-state index contributed by atoms with van der Waals surface area (Å²) in [7, 11) is 1.62. The molecule has 1 aliphatic carbocycles. The highest BCUT2D eigenvalue weighted by molar-refractivity contribution is 6.11. The van der Waals surface area contributed by atoms with Crippen LogP contribution in [0.5, 0.6) is 11.5 Å². The maximum Gasteiger partial charge on any atom is 0.290 e. The first kappa shape index (κ1) is 24.1. The Hall–Kier alpha value is -3.61. The number of amides is 1. The molecule has 6 nitrogen and oxygen atoms in total. The summed E-state index contributed by atoms with van der Waals surface area (Å²) in [5.74, 6) is 0.550. The molecule has 1 amide bonds. The van der Waals surface area contributed by atoms with Crippen LogP contribution in [0.3, 0.4) is 0 Å². The fraction of sp³-hybridized carbons (Fsp3) is 0.379. The second kappa shape index (κ2) is 10.2. The van der Waals surface area contributed by atoms with Gasteiger partial charge >= 0.3 is 0 Å². The summed E-state index contributed by atoms with van der Waals surface area (Å²) in [6.45, 7) is 4.44. The number of methoxy groups -OCH3 is 1. The quantitative estimate of drug-likeness (QED) is 0.499. The molecule has 1 fully saturated rings. The van der Waals surface area contributed by atoms with Gasteiger partial charge in [-0.3, -0.25) is 9.59 Å². The molecule has 0 N–H and O–H groups in total. The van der Waals surface area contributed by atoms with Gasteiger partial charge in [-0.1, -0.05) is 36.9 Å². The molecule has 5 rings (SSSR count). The molecule has 2 aromatic carbocycles. The molecular weight excluding hydrogens is 461 g/mol. The Labute approximate surface area is 210 Å². The SMILES string of the molecule is C=CCOc1ccc(C2C3=C(OC4CCC(F)CC4C3=O)C(=O)N2CCc2ccc(OC)cc2)cc1. The molecule has 2 heterocycles. The van der Waals surface area contributed by atoms with Crippen LogP contribution in [0.1, 0.15) is 36.4 Å². The van der Waals surface area contributed by atoms with Crippen molar-refractivity contribution >= 4 is 11.7 Å². The van der Waals surface area contributed by atoms with Gasteiger partial charge in [-0.05, 0) is 61.1 Å². The van der Waals surface area contributed by atoms with Crippen LogP contribution in [-0.4, -0.2) is 49.1 Å². The second-order valence-corrected chi connectivity index (χ2v) is 9.45. The monoisotopic (exact) mass is 491 g/mol. The highest BCUT2D eigenvalue weighted by Gasteiger charge is 2.52. The van der Waals surface area contributed by atoms with E-state index in [9.17, 15) is 14.0 Å². The minimum absolute atomic E-state index is 0.130. The van der Waals surface area contributed by atoms with Crippen molar-refractivity contribution < 1.29 is 28.2 Å². The number of carbonyl (C=O) groups is 2. The molecule has 2 aromatic rings. The molecule has 0 saturated heterocycles. The van der Waals surface area contributed by atoms with Gasteiger partial charge in [-0.2, -0.15) is 0 Å². The standard InChI is InChI=1S/C29H30FNO5/c1-3-16-35-22-11-6-19(7-12-22)26-25-27(32)23-17-20(30)8-13-24(23)36-28(25)29(33)31(26)15-14-18-4-9-21(34-2)10-5-18/h3-7,9-12,20,23-24,26H,1,8,13-17H2,2H3. The average Bonchev–Trinajstić information content (AvgIpc) is 3.18. The van der Waals surface area contributed by atoms with Crippen molar-refractivity contribution in [2.75, 3.05) is 20.3 Å². The fourth-order valence-electron chi connectivity index (χ4n) is 5.38. The molecule has 0 radical (unpaired) electrons. The predicted octanol–water partition coefficient (Wildman–Crippen LogP) is 4.75. The summed E-state index contributed by atoms with van der Waals surface area (Å²) < 4.78 is 31.2. The number of benzene rings is 2. The average molecular weight is 492 g/mol. The van der Waals surface area contributed by atoms with Crippen molar-refractivity contribution in [1.82, 2.24) is 4.90 Å². The number of halogens is 1. The van der Waals surface area contributed by atoms with Gasteiger partial charge in [0.2, 0.25) is 0 Å². The summed E-state index contributed by atoms with van der Waals surface area (Å²) in [4.78, 5) is 29.0. The van der Waals surface area contributed by atoms with Gasteiger partial charge < -0.3 is 19.1 Å². The number of carbonyl (C=O) groups excluding carboxylic acids is 2. The fourth-order valence-corrected chi connectivity index (χ4v) is 5.38. The number of ketones is 1. The number of rotatable bonds is 8. The third-order valence-electron chi connectivity index (χ3n) is 7.24. The molecule has 0 bridgehead atoms. The number of nitrogens with zero attached hydrogens (tertiary/aromatic N) is 1. The van der Waals surface area contributed by atoms with Crippen molar-refractivity contribution in [3.05, 3.63) is 83.6 Å².